The molecule has 0 aliphatic rings. The molecule has 0 bridgehead atoms. The molecule has 2 nitrogen and oxygen atoms in total. The van der Waals surface area contributed by atoms with E-state index in [0.717, 1.165) is 16.9 Å². The largest absolute Gasteiger partial charge is 0.496 e. The fourth-order valence-electron chi connectivity index (χ4n) is 1.95. The molecule has 0 radical (unpaired) electrons. The zero-order valence-corrected chi connectivity index (χ0v) is 12.8. The summed E-state index contributed by atoms with van der Waals surface area (Å²) in [6.07, 6.45) is 4.01. The van der Waals surface area contributed by atoms with Crippen LogP contribution in [0.25, 0.3) is 0 Å². The molecule has 0 heterocycles. The van der Waals surface area contributed by atoms with Gasteiger partial charge in [-0.15, -0.1) is 0 Å². The minimum atomic E-state index is 0.579. The molecule has 2 aromatic rings. The predicted octanol–water partition coefficient (Wildman–Crippen LogP) is 3.72. The Kier molecular flexibility index (Phi) is 6.10. The Morgan fingerprint density at radius 2 is 1.65 bits per heavy atom. The smallest absolute Gasteiger partial charge is 0.123 e. The minimum Gasteiger partial charge on any atom is -0.496 e. The molecule has 2 heteroatoms. The quantitative estimate of drug-likeness (QED) is 0.791. The van der Waals surface area contributed by atoms with E-state index in [0.29, 0.717) is 12.0 Å². The van der Waals surface area contributed by atoms with Gasteiger partial charge in [-0.2, -0.15) is 5.26 Å². The Labute approximate surface area is 137 Å². The third kappa shape index (κ3) is 4.82. The molecule has 0 saturated carbocycles. The highest BCUT2D eigenvalue weighted by Gasteiger charge is 1.97. The Morgan fingerprint density at radius 1 is 0.957 bits per heavy atom. The molecule has 0 aliphatic carbocycles. The van der Waals surface area contributed by atoms with Gasteiger partial charge in [-0.1, -0.05) is 54.0 Å². The van der Waals surface area contributed by atoms with Gasteiger partial charge in [0.05, 0.1) is 12.7 Å². The maximum Gasteiger partial charge on any atom is 0.123 e. The second-order valence-corrected chi connectivity index (χ2v) is 4.57. The Morgan fingerprint density at radius 3 is 2.43 bits per heavy atom. The summed E-state index contributed by atoms with van der Waals surface area (Å²) in [6.45, 7) is 0. The van der Waals surface area contributed by atoms with Gasteiger partial charge in [-0.3, -0.25) is 0 Å². The first kappa shape index (κ1) is 16.0. The Bertz CT molecular complexity index is 864. The van der Waals surface area contributed by atoms with Crippen LogP contribution in [-0.4, -0.2) is 7.11 Å². The lowest BCUT2D eigenvalue weighted by Crippen LogP contribution is -1.89. The SMILES string of the molecule is COc1ccccc1CC#CC=CC#Cc1ccccc1C#N. The number of hydrogen-bond donors (Lipinski definition) is 0. The zero-order chi connectivity index (χ0) is 16.3. The zero-order valence-electron chi connectivity index (χ0n) is 12.8. The van der Waals surface area contributed by atoms with Crippen LogP contribution in [0.4, 0.5) is 0 Å². The van der Waals surface area contributed by atoms with Crippen LogP contribution in [0, 0.1) is 35.0 Å². The van der Waals surface area contributed by atoms with Gasteiger partial charge in [0.15, 0.2) is 0 Å². The van der Waals surface area contributed by atoms with Crippen molar-refractivity contribution in [2.24, 2.45) is 0 Å². The maximum atomic E-state index is 8.97. The van der Waals surface area contributed by atoms with E-state index in [1.54, 1.807) is 25.3 Å². The van der Waals surface area contributed by atoms with Crippen LogP contribution < -0.4 is 4.74 Å². The Hall–Kier alpha value is -3.41. The van der Waals surface area contributed by atoms with Crippen LogP contribution in [0.1, 0.15) is 16.7 Å². The lowest BCUT2D eigenvalue weighted by Gasteiger charge is -2.03. The molecule has 0 aliphatic heterocycles. The molecule has 0 saturated heterocycles. The van der Waals surface area contributed by atoms with E-state index in [2.05, 4.69) is 29.8 Å². The highest BCUT2D eigenvalue weighted by atomic mass is 16.5. The Balaban J connectivity index is 1.97. The number of nitriles is 1. The first-order valence-corrected chi connectivity index (χ1v) is 7.11. The van der Waals surface area contributed by atoms with Gasteiger partial charge in [0.25, 0.3) is 0 Å². The van der Waals surface area contributed by atoms with Crippen molar-refractivity contribution in [2.45, 2.75) is 6.42 Å². The van der Waals surface area contributed by atoms with Crippen molar-refractivity contribution < 1.29 is 4.74 Å². The van der Waals surface area contributed by atoms with Crippen molar-refractivity contribution in [1.82, 2.24) is 0 Å². The molecule has 0 unspecified atom stereocenters. The third-order valence-corrected chi connectivity index (χ3v) is 3.08. The number of methoxy groups -OCH3 is 1. The van der Waals surface area contributed by atoms with Crippen molar-refractivity contribution in [3.05, 3.63) is 77.4 Å². The van der Waals surface area contributed by atoms with Crippen molar-refractivity contribution >= 4 is 0 Å². The number of benzene rings is 2. The summed E-state index contributed by atoms with van der Waals surface area (Å²) in [5, 5.41) is 8.97. The second-order valence-electron chi connectivity index (χ2n) is 4.57. The van der Waals surface area contributed by atoms with Gasteiger partial charge in [0.1, 0.15) is 11.8 Å². The van der Waals surface area contributed by atoms with Crippen LogP contribution >= 0.6 is 0 Å². The summed E-state index contributed by atoms with van der Waals surface area (Å²) in [5.74, 6) is 12.7. The first-order valence-electron chi connectivity index (χ1n) is 7.11. The molecule has 110 valence electrons. The fraction of sp³-hybridized carbons (Fsp3) is 0.0952. The molecule has 0 N–H and O–H groups in total. The van der Waals surface area contributed by atoms with Crippen LogP contribution in [0.5, 0.6) is 5.75 Å². The summed E-state index contributed by atoms with van der Waals surface area (Å²) in [4.78, 5) is 0. The first-order chi connectivity index (χ1) is 11.3. The van der Waals surface area contributed by atoms with E-state index in [1.165, 1.54) is 0 Å². The lowest BCUT2D eigenvalue weighted by molar-refractivity contribution is 0.411. The number of allylic oxidation sites excluding steroid dienone is 2. The maximum absolute atomic E-state index is 8.97. The van der Waals surface area contributed by atoms with E-state index >= 15 is 0 Å². The monoisotopic (exact) mass is 297 g/mol. The third-order valence-electron chi connectivity index (χ3n) is 3.08. The van der Waals surface area contributed by atoms with Crippen LogP contribution in [0.3, 0.4) is 0 Å². The summed E-state index contributed by atoms with van der Waals surface area (Å²) in [5.41, 5.74) is 2.36. The van der Waals surface area contributed by atoms with Crippen molar-refractivity contribution in [3.8, 4) is 35.5 Å². The molecule has 23 heavy (non-hydrogen) atoms. The number of rotatable bonds is 2. The molecule has 0 atom stereocenters. The van der Waals surface area contributed by atoms with Gasteiger partial charge in [-0.05, 0) is 30.4 Å². The summed E-state index contributed by atoms with van der Waals surface area (Å²) < 4.78 is 5.28. The second kappa shape index (κ2) is 8.78. The molecule has 2 rings (SSSR count). The molecule has 0 amide bonds. The van der Waals surface area contributed by atoms with Gasteiger partial charge in [0, 0.05) is 17.5 Å². The van der Waals surface area contributed by atoms with Gasteiger partial charge >= 0.3 is 0 Å². The minimum absolute atomic E-state index is 0.579. The van der Waals surface area contributed by atoms with E-state index in [-0.39, 0.29) is 0 Å². The number of nitrogens with zero attached hydrogens (tertiary/aromatic N) is 1. The lowest BCUT2D eigenvalue weighted by atomic mass is 10.1. The van der Waals surface area contributed by atoms with E-state index < -0.39 is 0 Å². The van der Waals surface area contributed by atoms with E-state index in [1.807, 2.05) is 42.5 Å². The van der Waals surface area contributed by atoms with Gasteiger partial charge in [-0.25, -0.2) is 0 Å². The highest BCUT2D eigenvalue weighted by molar-refractivity contribution is 5.49. The van der Waals surface area contributed by atoms with Gasteiger partial charge < -0.3 is 4.74 Å². The molecule has 0 fully saturated rings. The van der Waals surface area contributed by atoms with Crippen LogP contribution in [0.15, 0.2) is 60.7 Å². The number of para-hydroxylation sites is 1. The van der Waals surface area contributed by atoms with Crippen molar-refractivity contribution in [3.63, 3.8) is 0 Å². The number of hydrogen-bond acceptors (Lipinski definition) is 2. The molecular formula is C21H15NO. The van der Waals surface area contributed by atoms with Crippen molar-refractivity contribution in [1.29, 1.82) is 5.26 Å². The normalized spacial score (nSPS) is 9.22. The summed E-state index contributed by atoms with van der Waals surface area (Å²) >= 11 is 0. The van der Waals surface area contributed by atoms with Gasteiger partial charge in [0.2, 0.25) is 0 Å². The highest BCUT2D eigenvalue weighted by Crippen LogP contribution is 2.16. The molecular weight excluding hydrogens is 282 g/mol. The van der Waals surface area contributed by atoms with Crippen molar-refractivity contribution in [2.75, 3.05) is 7.11 Å². The number of ether oxygens (including phenoxy) is 1. The molecule has 0 aromatic heterocycles. The summed E-state index contributed by atoms with van der Waals surface area (Å²) in [6, 6.07) is 17.2. The standard InChI is InChI=1S/C21H15NO/c1-23-21-16-10-9-14-19(21)13-6-4-2-3-5-11-18-12-7-8-15-20(18)17-22/h2-3,7-10,12,14-16H,13H2,1H3. The topological polar surface area (TPSA) is 33.0 Å². The average Bonchev–Trinajstić information content (AvgIpc) is 2.61. The van der Waals surface area contributed by atoms with Crippen LogP contribution in [0.2, 0.25) is 0 Å². The van der Waals surface area contributed by atoms with E-state index in [9.17, 15) is 0 Å². The van der Waals surface area contributed by atoms with Crippen LogP contribution in [-0.2, 0) is 6.42 Å². The summed E-state index contributed by atoms with van der Waals surface area (Å²) in [7, 11) is 1.65. The average molecular weight is 297 g/mol. The molecule has 0 spiro atoms. The van der Waals surface area contributed by atoms with E-state index in [4.69, 9.17) is 10.00 Å². The predicted molar refractivity (Wildman–Crippen MR) is 91.6 cm³/mol. The fourth-order valence-corrected chi connectivity index (χ4v) is 1.95. The molecule has 2 aromatic carbocycles.